The number of aryl methyl sites for hydroxylation is 3. The van der Waals surface area contributed by atoms with Gasteiger partial charge in [-0.15, -0.1) is 22.7 Å². The average Bonchev–Trinajstić information content (AvgIpc) is 3.29. The molecule has 138 valence electrons. The number of aromatic nitrogens is 1. The molecule has 4 rings (SSSR count). The summed E-state index contributed by atoms with van der Waals surface area (Å²) in [5.41, 5.74) is 1.85. The molecule has 7 heteroatoms. The zero-order chi connectivity index (χ0) is 18.3. The standard InChI is InChI=1S/C19H23N3O2S2/c1-11-13(18(24)21-19-20-14-6-5-8-16(14)26-19)10-17(25-11)15-7-3-4-9-22(15)12(2)23/h10,15H,3-9H2,1-2H3,(H,20,21,24). The zero-order valence-corrected chi connectivity index (χ0v) is 16.8. The molecule has 0 aromatic carbocycles. The van der Waals surface area contributed by atoms with E-state index in [4.69, 9.17) is 0 Å². The second kappa shape index (κ2) is 7.12. The molecule has 1 N–H and O–H groups in total. The van der Waals surface area contributed by atoms with E-state index < -0.39 is 0 Å². The van der Waals surface area contributed by atoms with Gasteiger partial charge in [0.25, 0.3) is 5.91 Å². The monoisotopic (exact) mass is 389 g/mol. The molecule has 1 aliphatic heterocycles. The molecule has 2 aromatic rings. The summed E-state index contributed by atoms with van der Waals surface area (Å²) in [4.78, 5) is 34.6. The first-order valence-electron chi connectivity index (χ1n) is 9.20. The molecule has 2 aromatic heterocycles. The van der Waals surface area contributed by atoms with Crippen molar-refractivity contribution in [2.24, 2.45) is 0 Å². The van der Waals surface area contributed by atoms with Crippen LogP contribution in [-0.2, 0) is 17.6 Å². The Labute approximate surface area is 161 Å². The van der Waals surface area contributed by atoms with Crippen LogP contribution in [0.2, 0.25) is 0 Å². The molecule has 5 nitrogen and oxygen atoms in total. The number of amides is 2. The molecule has 0 radical (unpaired) electrons. The number of carbonyl (C=O) groups is 2. The molecular formula is C19H23N3O2S2. The van der Waals surface area contributed by atoms with Crippen LogP contribution < -0.4 is 5.32 Å². The van der Waals surface area contributed by atoms with E-state index in [1.807, 2.05) is 17.9 Å². The maximum Gasteiger partial charge on any atom is 0.258 e. The first-order valence-corrected chi connectivity index (χ1v) is 10.8. The predicted octanol–water partition coefficient (Wildman–Crippen LogP) is 4.33. The van der Waals surface area contributed by atoms with Crippen molar-refractivity contribution in [2.45, 2.75) is 58.4 Å². The van der Waals surface area contributed by atoms with E-state index in [9.17, 15) is 9.59 Å². The lowest BCUT2D eigenvalue weighted by Gasteiger charge is -2.34. The normalized spacial score (nSPS) is 19.5. The Bertz CT molecular complexity index is 834. The van der Waals surface area contributed by atoms with Gasteiger partial charge in [-0.3, -0.25) is 14.9 Å². The van der Waals surface area contributed by atoms with Crippen LogP contribution in [0.5, 0.6) is 0 Å². The van der Waals surface area contributed by atoms with Gasteiger partial charge >= 0.3 is 0 Å². The van der Waals surface area contributed by atoms with Crippen LogP contribution in [0.3, 0.4) is 0 Å². The van der Waals surface area contributed by atoms with Gasteiger partial charge in [0.15, 0.2) is 5.13 Å². The van der Waals surface area contributed by atoms with Crippen LogP contribution in [0.4, 0.5) is 5.13 Å². The summed E-state index contributed by atoms with van der Waals surface area (Å²) in [5.74, 6) is 0.0201. The van der Waals surface area contributed by atoms with Crippen molar-refractivity contribution >= 4 is 39.6 Å². The zero-order valence-electron chi connectivity index (χ0n) is 15.1. The number of hydrogen-bond donors (Lipinski definition) is 1. The minimum Gasteiger partial charge on any atom is -0.335 e. The molecule has 0 saturated carbocycles. The number of thiophene rings is 1. The van der Waals surface area contributed by atoms with Gasteiger partial charge in [-0.2, -0.15) is 0 Å². The van der Waals surface area contributed by atoms with Gasteiger partial charge in [0.2, 0.25) is 5.91 Å². The lowest BCUT2D eigenvalue weighted by Crippen LogP contribution is -2.36. The Morgan fingerprint density at radius 3 is 2.85 bits per heavy atom. The van der Waals surface area contributed by atoms with Crippen molar-refractivity contribution in [1.29, 1.82) is 0 Å². The number of rotatable bonds is 3. The fraction of sp³-hybridized carbons (Fsp3) is 0.526. The second-order valence-electron chi connectivity index (χ2n) is 7.04. The Morgan fingerprint density at radius 2 is 2.08 bits per heavy atom. The van der Waals surface area contributed by atoms with Gasteiger partial charge in [0.1, 0.15) is 0 Å². The maximum atomic E-state index is 12.8. The third-order valence-corrected chi connectivity index (χ3v) is 7.46. The summed E-state index contributed by atoms with van der Waals surface area (Å²) in [7, 11) is 0. The van der Waals surface area contributed by atoms with Crippen molar-refractivity contribution in [3.63, 3.8) is 0 Å². The Balaban J connectivity index is 1.53. The number of fused-ring (bicyclic) bond motifs is 1. The highest BCUT2D eigenvalue weighted by molar-refractivity contribution is 7.16. The third kappa shape index (κ3) is 3.30. The first kappa shape index (κ1) is 17.7. The number of hydrogen-bond acceptors (Lipinski definition) is 5. The van der Waals surface area contributed by atoms with E-state index in [-0.39, 0.29) is 17.9 Å². The molecule has 2 aliphatic rings. The molecule has 0 bridgehead atoms. The molecule has 1 atom stereocenters. The summed E-state index contributed by atoms with van der Waals surface area (Å²) >= 11 is 3.23. The smallest absolute Gasteiger partial charge is 0.258 e. The summed E-state index contributed by atoms with van der Waals surface area (Å²) in [6.45, 7) is 4.42. The van der Waals surface area contributed by atoms with E-state index in [1.54, 1.807) is 29.6 Å². The lowest BCUT2D eigenvalue weighted by molar-refractivity contribution is -0.132. The number of likely N-dealkylation sites (tertiary alicyclic amines) is 1. The minimum atomic E-state index is -0.0948. The summed E-state index contributed by atoms with van der Waals surface area (Å²) in [6.07, 6.45) is 6.42. The van der Waals surface area contributed by atoms with E-state index in [2.05, 4.69) is 10.3 Å². The highest BCUT2D eigenvalue weighted by Crippen LogP contribution is 2.37. The van der Waals surface area contributed by atoms with Crippen LogP contribution >= 0.6 is 22.7 Å². The van der Waals surface area contributed by atoms with Gasteiger partial charge in [-0.05, 0) is 51.5 Å². The van der Waals surface area contributed by atoms with Crippen LogP contribution in [0, 0.1) is 6.92 Å². The molecule has 2 amide bonds. The van der Waals surface area contributed by atoms with E-state index in [1.165, 1.54) is 11.3 Å². The fourth-order valence-corrected chi connectivity index (χ4v) is 6.13. The summed E-state index contributed by atoms with van der Waals surface area (Å²) in [6, 6.07) is 2.08. The minimum absolute atomic E-state index is 0.0948. The molecule has 3 heterocycles. The van der Waals surface area contributed by atoms with Gasteiger partial charge in [-0.1, -0.05) is 0 Å². The highest BCUT2D eigenvalue weighted by atomic mass is 32.1. The fourth-order valence-electron chi connectivity index (χ4n) is 3.91. The van der Waals surface area contributed by atoms with E-state index in [0.717, 1.165) is 54.1 Å². The maximum absolute atomic E-state index is 12.8. The quantitative estimate of drug-likeness (QED) is 0.850. The van der Waals surface area contributed by atoms with Crippen LogP contribution in [0.25, 0.3) is 0 Å². The number of piperidine rings is 1. The van der Waals surface area contributed by atoms with Crippen LogP contribution in [0.1, 0.15) is 69.3 Å². The van der Waals surface area contributed by atoms with Gasteiger partial charge in [-0.25, -0.2) is 4.98 Å². The van der Waals surface area contributed by atoms with Gasteiger partial charge in [0.05, 0.1) is 17.3 Å². The van der Waals surface area contributed by atoms with Gasteiger partial charge < -0.3 is 4.90 Å². The summed E-state index contributed by atoms with van der Waals surface area (Å²) < 4.78 is 0. The van der Waals surface area contributed by atoms with Crippen LogP contribution in [0.15, 0.2) is 6.07 Å². The van der Waals surface area contributed by atoms with Crippen molar-refractivity contribution in [3.8, 4) is 0 Å². The average molecular weight is 390 g/mol. The van der Waals surface area contributed by atoms with Crippen molar-refractivity contribution in [2.75, 3.05) is 11.9 Å². The number of thiazole rings is 1. The number of anilines is 1. The molecule has 0 spiro atoms. The number of nitrogens with one attached hydrogen (secondary N) is 1. The largest absolute Gasteiger partial charge is 0.335 e. The highest BCUT2D eigenvalue weighted by Gasteiger charge is 2.29. The second-order valence-corrected chi connectivity index (χ2v) is 9.41. The molecule has 1 unspecified atom stereocenters. The molecular weight excluding hydrogens is 366 g/mol. The molecule has 1 fully saturated rings. The van der Waals surface area contributed by atoms with E-state index >= 15 is 0 Å². The SMILES string of the molecule is CC(=O)N1CCCCC1c1cc(C(=O)Nc2nc3c(s2)CCC3)c(C)s1. The number of nitrogens with zero attached hydrogens (tertiary/aromatic N) is 2. The molecule has 26 heavy (non-hydrogen) atoms. The van der Waals surface area contributed by atoms with E-state index in [0.29, 0.717) is 10.7 Å². The summed E-state index contributed by atoms with van der Waals surface area (Å²) in [5, 5.41) is 3.68. The van der Waals surface area contributed by atoms with Crippen molar-refractivity contribution < 1.29 is 9.59 Å². The Kier molecular flexibility index (Phi) is 4.84. The molecule has 1 aliphatic carbocycles. The van der Waals surface area contributed by atoms with Crippen molar-refractivity contribution in [3.05, 3.63) is 32.0 Å². The number of carbonyl (C=O) groups excluding carboxylic acids is 2. The lowest BCUT2D eigenvalue weighted by atomic mass is 10.00. The van der Waals surface area contributed by atoms with Crippen LogP contribution in [-0.4, -0.2) is 28.2 Å². The molecule has 1 saturated heterocycles. The van der Waals surface area contributed by atoms with Gasteiger partial charge in [0, 0.05) is 28.1 Å². The third-order valence-electron chi connectivity index (χ3n) is 5.23. The Hall–Kier alpha value is -1.73. The predicted molar refractivity (Wildman–Crippen MR) is 105 cm³/mol. The first-order chi connectivity index (χ1) is 12.5. The van der Waals surface area contributed by atoms with Crippen molar-refractivity contribution in [1.82, 2.24) is 9.88 Å². The Morgan fingerprint density at radius 1 is 1.23 bits per heavy atom. The topological polar surface area (TPSA) is 62.3 Å².